The molecule has 8 heteroatoms. The summed E-state index contributed by atoms with van der Waals surface area (Å²) in [5.74, 6) is 0.902. The van der Waals surface area contributed by atoms with Gasteiger partial charge in [-0.05, 0) is 56.0 Å². The minimum absolute atomic E-state index is 0.218. The number of benzene rings is 1. The Balaban J connectivity index is 1.49. The van der Waals surface area contributed by atoms with Crippen LogP contribution < -0.4 is 4.74 Å². The van der Waals surface area contributed by atoms with Crippen LogP contribution in [-0.4, -0.2) is 67.4 Å². The predicted molar refractivity (Wildman–Crippen MR) is 124 cm³/mol. The van der Waals surface area contributed by atoms with Crippen molar-refractivity contribution in [1.29, 1.82) is 0 Å². The summed E-state index contributed by atoms with van der Waals surface area (Å²) in [7, 11) is 0. The number of rotatable bonds is 16. The lowest BCUT2D eigenvalue weighted by Gasteiger charge is -2.34. The van der Waals surface area contributed by atoms with E-state index in [9.17, 15) is 10.1 Å². The summed E-state index contributed by atoms with van der Waals surface area (Å²) in [6.45, 7) is 11.4. The lowest BCUT2D eigenvalue weighted by atomic mass is 10.1. The topological polar surface area (TPSA) is 68.1 Å². The predicted octanol–water partition coefficient (Wildman–Crippen LogP) is 4.61. The summed E-state index contributed by atoms with van der Waals surface area (Å²) >= 11 is 6.08. The van der Waals surface area contributed by atoms with Gasteiger partial charge in [0.05, 0.1) is 13.2 Å². The molecule has 0 amide bonds. The molecular weight excluding hydrogens is 418 g/mol. The van der Waals surface area contributed by atoms with Crippen LogP contribution >= 0.6 is 11.6 Å². The molecule has 1 heterocycles. The van der Waals surface area contributed by atoms with E-state index in [4.69, 9.17) is 16.3 Å². The number of hydrogen-bond donors (Lipinski definition) is 0. The molecule has 0 aromatic heterocycles. The van der Waals surface area contributed by atoms with Crippen LogP contribution in [0.2, 0.25) is 5.02 Å². The number of unbranched alkanes of at least 4 members (excludes halogenated alkanes) is 4. The Morgan fingerprint density at radius 3 is 2.32 bits per heavy atom. The molecule has 0 aliphatic carbocycles. The first-order chi connectivity index (χ1) is 15.1. The van der Waals surface area contributed by atoms with Crippen LogP contribution in [0.15, 0.2) is 30.9 Å². The van der Waals surface area contributed by atoms with E-state index in [1.165, 1.54) is 12.8 Å². The standard InChI is InChI=1S/C23H36ClN3O4/c1-2-9-21-20-22(24)10-11-23(21)30-18-8-13-26-16-14-25(15-17-26)12-6-4-3-5-7-19-31-27(28)29/h2,10-11,20H,1,3-9,12-19H2. The summed E-state index contributed by atoms with van der Waals surface area (Å²) < 4.78 is 5.98. The van der Waals surface area contributed by atoms with Crippen LogP contribution in [0.1, 0.15) is 44.1 Å². The van der Waals surface area contributed by atoms with Gasteiger partial charge in [0.25, 0.3) is 5.09 Å². The van der Waals surface area contributed by atoms with Crippen LogP contribution in [0.5, 0.6) is 5.75 Å². The van der Waals surface area contributed by atoms with Crippen molar-refractivity contribution in [1.82, 2.24) is 9.80 Å². The maximum atomic E-state index is 10.1. The Kier molecular flexibility index (Phi) is 12.3. The fourth-order valence-electron chi connectivity index (χ4n) is 3.82. The largest absolute Gasteiger partial charge is 0.493 e. The molecule has 0 radical (unpaired) electrons. The molecule has 0 saturated carbocycles. The first kappa shape index (κ1) is 25.4. The molecule has 174 valence electrons. The number of halogens is 1. The van der Waals surface area contributed by atoms with Gasteiger partial charge in [0.2, 0.25) is 0 Å². The van der Waals surface area contributed by atoms with Crippen molar-refractivity contribution in [3.05, 3.63) is 51.6 Å². The zero-order valence-corrected chi connectivity index (χ0v) is 19.2. The van der Waals surface area contributed by atoms with Crippen molar-refractivity contribution in [2.45, 2.75) is 44.9 Å². The van der Waals surface area contributed by atoms with Crippen LogP contribution in [0.25, 0.3) is 0 Å². The van der Waals surface area contributed by atoms with Gasteiger partial charge in [-0.2, -0.15) is 0 Å². The van der Waals surface area contributed by atoms with Crippen molar-refractivity contribution < 1.29 is 14.7 Å². The molecule has 1 aliphatic rings. The van der Waals surface area contributed by atoms with Gasteiger partial charge in [-0.1, -0.05) is 36.9 Å². The summed E-state index contributed by atoms with van der Waals surface area (Å²) in [6, 6.07) is 5.76. The van der Waals surface area contributed by atoms with E-state index in [1.54, 1.807) is 0 Å². The van der Waals surface area contributed by atoms with Crippen LogP contribution in [0, 0.1) is 10.1 Å². The van der Waals surface area contributed by atoms with Crippen molar-refractivity contribution in [3.63, 3.8) is 0 Å². The molecule has 7 nitrogen and oxygen atoms in total. The lowest BCUT2D eigenvalue weighted by Crippen LogP contribution is -2.46. The molecule has 0 atom stereocenters. The van der Waals surface area contributed by atoms with E-state index < -0.39 is 5.09 Å². The van der Waals surface area contributed by atoms with Crippen LogP contribution in [0.4, 0.5) is 0 Å². The molecule has 0 N–H and O–H groups in total. The van der Waals surface area contributed by atoms with Crippen LogP contribution in [0.3, 0.4) is 0 Å². The maximum Gasteiger partial charge on any atom is 0.294 e. The Morgan fingerprint density at radius 1 is 1.00 bits per heavy atom. The lowest BCUT2D eigenvalue weighted by molar-refractivity contribution is -0.757. The first-order valence-corrected chi connectivity index (χ1v) is 11.7. The van der Waals surface area contributed by atoms with E-state index in [0.29, 0.717) is 6.61 Å². The molecule has 0 unspecified atom stereocenters. The van der Waals surface area contributed by atoms with Gasteiger partial charge in [0.1, 0.15) is 5.75 Å². The summed E-state index contributed by atoms with van der Waals surface area (Å²) in [5, 5.41) is 10.1. The average molecular weight is 454 g/mol. The second-order valence-corrected chi connectivity index (χ2v) is 8.39. The molecule has 1 aromatic carbocycles. The second kappa shape index (κ2) is 15.1. The third-order valence-corrected chi connectivity index (χ3v) is 5.78. The van der Waals surface area contributed by atoms with Gasteiger partial charge in [0.15, 0.2) is 0 Å². The normalized spacial score (nSPS) is 15.0. The molecule has 0 spiro atoms. The number of ether oxygens (including phenoxy) is 1. The molecule has 1 fully saturated rings. The fourth-order valence-corrected chi connectivity index (χ4v) is 4.01. The van der Waals surface area contributed by atoms with Crippen molar-refractivity contribution >= 4 is 11.6 Å². The maximum absolute atomic E-state index is 10.1. The quantitative estimate of drug-likeness (QED) is 0.157. The average Bonchev–Trinajstić information content (AvgIpc) is 2.75. The van der Waals surface area contributed by atoms with Gasteiger partial charge >= 0.3 is 0 Å². The Hall–Kier alpha value is -1.83. The number of allylic oxidation sites excluding steroid dienone is 1. The summed E-state index contributed by atoms with van der Waals surface area (Å²) in [4.78, 5) is 19.4. The van der Waals surface area contributed by atoms with E-state index in [0.717, 1.165) is 87.7 Å². The van der Waals surface area contributed by atoms with E-state index >= 15 is 0 Å². The molecule has 1 aliphatic heterocycles. The Morgan fingerprint density at radius 2 is 1.65 bits per heavy atom. The fraction of sp³-hybridized carbons (Fsp3) is 0.652. The van der Waals surface area contributed by atoms with Crippen LogP contribution in [-0.2, 0) is 11.3 Å². The number of piperazine rings is 1. The SMILES string of the molecule is C=CCc1cc(Cl)ccc1OCCCN1CCN(CCCCCCCO[N+](=O)[O-])CC1. The zero-order valence-electron chi connectivity index (χ0n) is 18.5. The Labute approximate surface area is 191 Å². The molecular formula is C23H36ClN3O4. The van der Waals surface area contributed by atoms with Crippen molar-refractivity contribution in [2.24, 2.45) is 0 Å². The molecule has 0 bridgehead atoms. The van der Waals surface area contributed by atoms with Gasteiger partial charge < -0.3 is 19.4 Å². The highest BCUT2D eigenvalue weighted by Crippen LogP contribution is 2.24. The number of hydrogen-bond acceptors (Lipinski definition) is 6. The third-order valence-electron chi connectivity index (χ3n) is 5.54. The first-order valence-electron chi connectivity index (χ1n) is 11.3. The zero-order chi connectivity index (χ0) is 22.3. The van der Waals surface area contributed by atoms with E-state index in [1.807, 2.05) is 24.3 Å². The van der Waals surface area contributed by atoms with Crippen molar-refractivity contribution in [2.75, 3.05) is 52.5 Å². The number of nitrogens with zero attached hydrogens (tertiary/aromatic N) is 3. The second-order valence-electron chi connectivity index (χ2n) is 7.95. The minimum atomic E-state index is -0.716. The highest BCUT2D eigenvalue weighted by atomic mass is 35.5. The van der Waals surface area contributed by atoms with Crippen molar-refractivity contribution in [3.8, 4) is 5.75 Å². The van der Waals surface area contributed by atoms with E-state index in [-0.39, 0.29) is 6.61 Å². The molecule has 2 rings (SSSR count). The highest BCUT2D eigenvalue weighted by molar-refractivity contribution is 6.30. The molecule has 1 saturated heterocycles. The molecule has 1 aromatic rings. The highest BCUT2D eigenvalue weighted by Gasteiger charge is 2.16. The minimum Gasteiger partial charge on any atom is -0.493 e. The van der Waals surface area contributed by atoms with Gasteiger partial charge in [-0.3, -0.25) is 0 Å². The Bertz CT molecular complexity index is 666. The molecule has 31 heavy (non-hydrogen) atoms. The van der Waals surface area contributed by atoms with E-state index in [2.05, 4.69) is 21.2 Å². The van der Waals surface area contributed by atoms with Gasteiger partial charge in [-0.15, -0.1) is 16.7 Å². The third kappa shape index (κ3) is 10.8. The summed E-state index contributed by atoms with van der Waals surface area (Å²) in [6.07, 6.45) is 8.87. The van der Waals surface area contributed by atoms with Gasteiger partial charge in [-0.25, -0.2) is 0 Å². The van der Waals surface area contributed by atoms with Gasteiger partial charge in [0, 0.05) is 37.7 Å². The smallest absolute Gasteiger partial charge is 0.294 e. The monoisotopic (exact) mass is 453 g/mol. The summed E-state index contributed by atoms with van der Waals surface area (Å²) in [5.41, 5.74) is 1.08.